The van der Waals surface area contributed by atoms with Gasteiger partial charge in [-0.2, -0.15) is 8.78 Å². The van der Waals surface area contributed by atoms with Gasteiger partial charge < -0.3 is 66.6 Å². The van der Waals surface area contributed by atoms with Gasteiger partial charge in [0.2, 0.25) is 40.7 Å². The number of benzene rings is 2. The lowest BCUT2D eigenvalue weighted by Crippen LogP contribution is -2.51. The van der Waals surface area contributed by atoms with Crippen molar-refractivity contribution in [3.8, 4) is 5.75 Å². The van der Waals surface area contributed by atoms with Gasteiger partial charge in [0.25, 0.3) is 0 Å². The van der Waals surface area contributed by atoms with Crippen LogP contribution in [0.4, 0.5) is 37.2 Å². The van der Waals surface area contributed by atoms with Crippen molar-refractivity contribution in [1.82, 2.24) is 29.2 Å². The van der Waals surface area contributed by atoms with Crippen LogP contribution >= 0.6 is 11.6 Å². The molecule has 3 amide bonds. The third-order valence-corrected chi connectivity index (χ3v) is 13.9. The van der Waals surface area contributed by atoms with Crippen molar-refractivity contribution in [1.29, 1.82) is 0 Å². The predicted octanol–water partition coefficient (Wildman–Crippen LogP) is 7.33. The van der Waals surface area contributed by atoms with E-state index in [0.717, 1.165) is 45.9 Å². The van der Waals surface area contributed by atoms with E-state index in [1.807, 2.05) is 49.9 Å². The number of piperidine rings is 1. The summed E-state index contributed by atoms with van der Waals surface area (Å²) in [7, 11) is 0. The number of hydrogen-bond acceptors (Lipinski definition) is 16. The van der Waals surface area contributed by atoms with Crippen LogP contribution < -0.4 is 9.64 Å². The first-order valence-corrected chi connectivity index (χ1v) is 27.7. The van der Waals surface area contributed by atoms with Gasteiger partial charge in [0.05, 0.1) is 134 Å². The number of amides is 3. The maximum Gasteiger partial charge on any atom is 0.415 e. The zero-order chi connectivity index (χ0) is 57.8. The number of aromatic nitrogens is 3. The first-order chi connectivity index (χ1) is 39.1. The standard InChI is InChI=1S/C55H73ClF5N7O13/c1-54(2,3)81-53(71)65-13-9-55(10-14-65)40-8-11-62-37-43(40)68(51(55)69)38-44-63-41-36-39(56)6-7-42(41)67(44)12-4-5-20-72-22-24-74-26-28-76-30-32-78-34-35-79-33-31-77-29-27-75-25-23-73-21-19-64-15-17-66(18-16-64)52(70)80-50-48(60)46(58)45(57)47(59)49(50)61/h6-8,11,36-37H,4-5,9-10,12-35,38H2,1-3H3. The highest BCUT2D eigenvalue weighted by Crippen LogP contribution is 2.48. The summed E-state index contributed by atoms with van der Waals surface area (Å²) >= 11 is 6.39. The van der Waals surface area contributed by atoms with Crippen molar-refractivity contribution in [3.05, 3.63) is 82.2 Å². The summed E-state index contributed by atoms with van der Waals surface area (Å²) in [6.07, 6.45) is 4.46. The number of pyridine rings is 1. The average Bonchev–Trinajstić information content (AvgIpc) is 2.98. The molecule has 81 heavy (non-hydrogen) atoms. The first kappa shape index (κ1) is 63.2. The van der Waals surface area contributed by atoms with Gasteiger partial charge in [-0.1, -0.05) is 11.6 Å². The van der Waals surface area contributed by atoms with Crippen LogP contribution in [0.15, 0.2) is 36.7 Å². The number of likely N-dealkylation sites (tertiary alicyclic amines) is 1. The molecule has 1 spiro atoms. The average molecular weight is 1170 g/mol. The fourth-order valence-electron chi connectivity index (χ4n) is 9.48. The number of unbranched alkanes of at least 4 members (excludes halogenated alkanes) is 1. The number of ether oxygens (including phenoxy) is 10. The highest BCUT2D eigenvalue weighted by Gasteiger charge is 2.53. The minimum Gasteiger partial charge on any atom is -0.444 e. The lowest BCUT2D eigenvalue weighted by Gasteiger charge is -2.38. The zero-order valence-electron chi connectivity index (χ0n) is 46.2. The number of anilines is 1. The maximum absolute atomic E-state index is 14.5. The van der Waals surface area contributed by atoms with Crippen molar-refractivity contribution in [3.63, 3.8) is 0 Å². The van der Waals surface area contributed by atoms with Gasteiger partial charge >= 0.3 is 12.2 Å². The summed E-state index contributed by atoms with van der Waals surface area (Å²) in [6.45, 7) is 15.5. The van der Waals surface area contributed by atoms with E-state index >= 15 is 0 Å². The van der Waals surface area contributed by atoms with Crippen molar-refractivity contribution in [2.45, 2.75) is 70.6 Å². The van der Waals surface area contributed by atoms with Crippen LogP contribution in [0.3, 0.4) is 0 Å². The smallest absolute Gasteiger partial charge is 0.415 e. The van der Waals surface area contributed by atoms with E-state index in [9.17, 15) is 36.3 Å². The molecular formula is C55H73ClF5N7O13. The molecule has 0 saturated carbocycles. The second-order valence-corrected chi connectivity index (χ2v) is 20.8. The summed E-state index contributed by atoms with van der Waals surface area (Å²) in [6, 6.07) is 7.58. The van der Waals surface area contributed by atoms with E-state index in [1.54, 1.807) is 22.2 Å². The molecule has 4 aromatic rings. The van der Waals surface area contributed by atoms with Crippen LogP contribution in [0.1, 0.15) is 57.8 Å². The lowest BCUT2D eigenvalue weighted by molar-refractivity contribution is -0.125. The van der Waals surface area contributed by atoms with Gasteiger partial charge in [0.15, 0.2) is 0 Å². The molecule has 26 heteroatoms. The largest absolute Gasteiger partial charge is 0.444 e. The molecule has 3 aliphatic rings. The number of carbonyl (C=O) groups excluding carboxylic acids is 3. The number of nitrogens with zero attached hydrogens (tertiary/aromatic N) is 7. The Morgan fingerprint density at radius 1 is 0.617 bits per heavy atom. The number of fused-ring (bicyclic) bond motifs is 3. The van der Waals surface area contributed by atoms with E-state index in [-0.39, 0.29) is 31.6 Å². The Hall–Kier alpha value is -5.35. The highest BCUT2D eigenvalue weighted by atomic mass is 35.5. The molecule has 0 radical (unpaired) electrons. The van der Waals surface area contributed by atoms with Gasteiger partial charge in [-0.05, 0) is 76.3 Å². The van der Waals surface area contributed by atoms with Crippen LogP contribution in [-0.4, -0.2) is 204 Å². The molecule has 2 saturated heterocycles. The maximum atomic E-state index is 14.5. The van der Waals surface area contributed by atoms with Crippen molar-refractivity contribution in [2.75, 3.05) is 156 Å². The van der Waals surface area contributed by atoms with Gasteiger partial charge in [-0.25, -0.2) is 27.7 Å². The molecule has 5 heterocycles. The Kier molecular flexibility index (Phi) is 24.5. The van der Waals surface area contributed by atoms with E-state index in [1.165, 1.54) is 0 Å². The third kappa shape index (κ3) is 17.8. The Morgan fingerprint density at radius 2 is 1.12 bits per heavy atom. The molecule has 2 aromatic carbocycles. The monoisotopic (exact) mass is 1170 g/mol. The number of imidazole rings is 1. The van der Waals surface area contributed by atoms with Gasteiger partial charge in [-0.3, -0.25) is 14.7 Å². The number of halogens is 6. The van der Waals surface area contributed by atoms with Crippen molar-refractivity contribution in [2.24, 2.45) is 0 Å². The Bertz CT molecular complexity index is 2640. The molecule has 0 unspecified atom stereocenters. The summed E-state index contributed by atoms with van der Waals surface area (Å²) in [4.78, 5) is 55.7. The topological polar surface area (TPSA) is 187 Å². The Balaban J connectivity index is 0.638. The number of carbonyl (C=O) groups is 3. The summed E-state index contributed by atoms with van der Waals surface area (Å²) < 4.78 is 125. The highest BCUT2D eigenvalue weighted by molar-refractivity contribution is 6.31. The number of aryl methyl sites for hydroxylation is 1. The SMILES string of the molecule is CC(C)(C)OC(=O)N1CCC2(CC1)C(=O)N(Cc1nc3cc(Cl)ccc3n1CCCCOCCOCCOCCOCCOCCOCCOCCOCCN1CCN(C(=O)Oc3c(F)c(F)c(F)c(F)c3F)CC1)c1cnccc12. The van der Waals surface area contributed by atoms with E-state index in [4.69, 9.17) is 59.2 Å². The van der Waals surface area contributed by atoms with Crippen molar-refractivity contribution >= 4 is 46.4 Å². The zero-order valence-corrected chi connectivity index (χ0v) is 46.9. The van der Waals surface area contributed by atoms with Crippen LogP contribution in [0.5, 0.6) is 5.75 Å². The molecule has 448 valence electrons. The van der Waals surface area contributed by atoms with Crippen LogP contribution in [0, 0.1) is 29.1 Å². The van der Waals surface area contributed by atoms with E-state index in [0.29, 0.717) is 163 Å². The molecule has 2 aromatic heterocycles. The normalized spacial score (nSPS) is 15.6. The second kappa shape index (κ2) is 31.3. The molecule has 2 fully saturated rings. The minimum atomic E-state index is -2.34. The Morgan fingerprint density at radius 3 is 1.67 bits per heavy atom. The molecule has 0 aliphatic carbocycles. The Labute approximate surface area is 472 Å². The molecular weight excluding hydrogens is 1100 g/mol. The fourth-order valence-corrected chi connectivity index (χ4v) is 9.65. The number of hydrogen-bond donors (Lipinski definition) is 0. The van der Waals surface area contributed by atoms with Gasteiger partial charge in [0, 0.05) is 70.2 Å². The lowest BCUT2D eigenvalue weighted by atomic mass is 9.74. The summed E-state index contributed by atoms with van der Waals surface area (Å²) in [5.74, 6) is -12.1. The predicted molar refractivity (Wildman–Crippen MR) is 285 cm³/mol. The summed E-state index contributed by atoms with van der Waals surface area (Å²) in [5.41, 5.74) is 2.00. The number of rotatable bonds is 32. The van der Waals surface area contributed by atoms with Crippen LogP contribution in [0.25, 0.3) is 11.0 Å². The fraction of sp³-hybridized carbons (Fsp3) is 0.618. The molecule has 0 atom stereocenters. The minimum absolute atomic E-state index is 0.0128. The van der Waals surface area contributed by atoms with Gasteiger partial charge in [0.1, 0.15) is 11.4 Å². The van der Waals surface area contributed by atoms with E-state index in [2.05, 4.69) is 14.3 Å². The van der Waals surface area contributed by atoms with Crippen LogP contribution in [0.2, 0.25) is 5.02 Å². The van der Waals surface area contributed by atoms with Crippen molar-refractivity contribution < 1.29 is 83.7 Å². The summed E-state index contributed by atoms with van der Waals surface area (Å²) in [5, 5.41) is 0.580. The molecule has 0 bridgehead atoms. The number of piperazine rings is 1. The van der Waals surface area contributed by atoms with Gasteiger partial charge in [-0.15, -0.1) is 0 Å². The van der Waals surface area contributed by atoms with Crippen LogP contribution in [-0.2, 0) is 65.9 Å². The molecule has 20 nitrogen and oxygen atoms in total. The second-order valence-electron chi connectivity index (χ2n) is 20.3. The molecule has 3 aliphatic heterocycles. The first-order valence-electron chi connectivity index (χ1n) is 27.3. The third-order valence-electron chi connectivity index (χ3n) is 13.7. The quantitative estimate of drug-likeness (QED) is 0.0205. The van der Waals surface area contributed by atoms with E-state index < -0.39 is 51.9 Å². The molecule has 0 N–H and O–H groups in total. The molecule has 7 rings (SSSR count).